The second kappa shape index (κ2) is 12.3. The van der Waals surface area contributed by atoms with Gasteiger partial charge in [0.15, 0.2) is 5.96 Å². The number of thiophene rings is 1. The summed E-state index contributed by atoms with van der Waals surface area (Å²) in [7, 11) is 1.71. The lowest BCUT2D eigenvalue weighted by molar-refractivity contribution is 0.245. The number of halogens is 1. The van der Waals surface area contributed by atoms with Crippen LogP contribution in [-0.2, 0) is 6.54 Å². The summed E-state index contributed by atoms with van der Waals surface area (Å²) in [5, 5.41) is 9.02. The van der Waals surface area contributed by atoms with Crippen molar-refractivity contribution < 1.29 is 4.74 Å². The van der Waals surface area contributed by atoms with Gasteiger partial charge in [0.05, 0.1) is 19.7 Å². The van der Waals surface area contributed by atoms with Gasteiger partial charge in [0.1, 0.15) is 5.75 Å². The van der Waals surface area contributed by atoms with Crippen LogP contribution >= 0.6 is 35.3 Å². The first-order valence-corrected chi connectivity index (χ1v) is 10.6. The van der Waals surface area contributed by atoms with Crippen molar-refractivity contribution in [3.05, 3.63) is 52.2 Å². The van der Waals surface area contributed by atoms with Crippen molar-refractivity contribution in [2.45, 2.75) is 32.4 Å². The molecule has 0 spiro atoms. The highest BCUT2D eigenvalue weighted by atomic mass is 127. The van der Waals surface area contributed by atoms with Gasteiger partial charge in [-0.25, -0.2) is 4.99 Å². The third-order valence-electron chi connectivity index (χ3n) is 4.86. The fraction of sp³-hybridized carbons (Fsp3) is 0.476. The van der Waals surface area contributed by atoms with Crippen molar-refractivity contribution in [1.29, 1.82) is 0 Å². The van der Waals surface area contributed by atoms with Crippen LogP contribution in [0, 0.1) is 0 Å². The Hall–Kier alpha value is -1.32. The molecule has 0 amide bonds. The standard InChI is InChI=1S/C21H30N4OS.HI/c1-3-22-21(23-15-19-7-6-14-27-19)24-16-20(25-12-4-5-13-25)17-8-10-18(26-2)11-9-17;/h6-11,14,20H,3-5,12-13,15-16H2,1-2H3,(H2,22,23,24);1H. The summed E-state index contributed by atoms with van der Waals surface area (Å²) in [4.78, 5) is 8.59. The Labute approximate surface area is 189 Å². The van der Waals surface area contributed by atoms with E-state index in [1.165, 1.54) is 23.3 Å². The molecule has 1 atom stereocenters. The predicted octanol–water partition coefficient (Wildman–Crippen LogP) is 4.27. The molecule has 1 aromatic carbocycles. The van der Waals surface area contributed by atoms with Gasteiger partial charge in [-0.2, -0.15) is 0 Å². The van der Waals surface area contributed by atoms with Crippen LogP contribution in [0.1, 0.15) is 36.2 Å². The van der Waals surface area contributed by atoms with E-state index in [-0.39, 0.29) is 24.0 Å². The number of rotatable bonds is 8. The molecule has 5 nitrogen and oxygen atoms in total. The number of aliphatic imine (C=N–C) groups is 1. The van der Waals surface area contributed by atoms with E-state index < -0.39 is 0 Å². The second-order valence-electron chi connectivity index (χ2n) is 6.69. The Balaban J connectivity index is 0.00000280. The normalized spacial score (nSPS) is 15.7. The molecule has 0 aliphatic carbocycles. The number of ether oxygens (including phenoxy) is 1. The van der Waals surface area contributed by atoms with E-state index >= 15 is 0 Å². The van der Waals surface area contributed by atoms with Gasteiger partial charge in [-0.15, -0.1) is 35.3 Å². The number of methoxy groups -OCH3 is 1. The van der Waals surface area contributed by atoms with Crippen LogP contribution in [0.2, 0.25) is 0 Å². The van der Waals surface area contributed by atoms with E-state index in [1.807, 2.05) is 0 Å². The highest BCUT2D eigenvalue weighted by Gasteiger charge is 2.23. The molecule has 2 heterocycles. The first kappa shape index (κ1) is 23.0. The van der Waals surface area contributed by atoms with Gasteiger partial charge in [0.2, 0.25) is 0 Å². The number of nitrogens with one attached hydrogen (secondary N) is 2. The fourth-order valence-corrected chi connectivity index (χ4v) is 4.06. The number of benzene rings is 1. The molecule has 28 heavy (non-hydrogen) atoms. The van der Waals surface area contributed by atoms with Gasteiger partial charge in [-0.1, -0.05) is 18.2 Å². The molecule has 3 rings (SSSR count). The minimum Gasteiger partial charge on any atom is -0.497 e. The van der Waals surface area contributed by atoms with Crippen LogP contribution in [0.5, 0.6) is 5.75 Å². The van der Waals surface area contributed by atoms with Gasteiger partial charge in [-0.3, -0.25) is 4.90 Å². The van der Waals surface area contributed by atoms with Gasteiger partial charge in [0, 0.05) is 18.0 Å². The molecule has 154 valence electrons. The molecule has 7 heteroatoms. The second-order valence-corrected chi connectivity index (χ2v) is 7.72. The molecule has 0 radical (unpaired) electrons. The maximum absolute atomic E-state index is 5.31. The largest absolute Gasteiger partial charge is 0.497 e. The van der Waals surface area contributed by atoms with E-state index in [9.17, 15) is 0 Å². The predicted molar refractivity (Wildman–Crippen MR) is 129 cm³/mol. The van der Waals surface area contributed by atoms with Gasteiger partial charge in [0.25, 0.3) is 0 Å². The van der Waals surface area contributed by atoms with Gasteiger partial charge < -0.3 is 15.4 Å². The topological polar surface area (TPSA) is 48.9 Å². The van der Waals surface area contributed by atoms with Gasteiger partial charge >= 0.3 is 0 Å². The summed E-state index contributed by atoms with van der Waals surface area (Å²) < 4.78 is 5.31. The minimum atomic E-state index is 0. The van der Waals surface area contributed by atoms with Crippen molar-refractivity contribution in [3.63, 3.8) is 0 Å². The Morgan fingerprint density at radius 2 is 1.93 bits per heavy atom. The lowest BCUT2D eigenvalue weighted by Gasteiger charge is -2.29. The van der Waals surface area contributed by atoms with E-state index in [1.54, 1.807) is 18.4 Å². The highest BCUT2D eigenvalue weighted by Crippen LogP contribution is 2.26. The minimum absolute atomic E-state index is 0. The van der Waals surface area contributed by atoms with E-state index in [0.29, 0.717) is 12.6 Å². The van der Waals surface area contributed by atoms with Crippen LogP contribution in [0.25, 0.3) is 0 Å². The van der Waals surface area contributed by atoms with Crippen LogP contribution in [0.3, 0.4) is 0 Å². The molecule has 1 saturated heterocycles. The van der Waals surface area contributed by atoms with Crippen molar-refractivity contribution in [3.8, 4) is 5.75 Å². The van der Waals surface area contributed by atoms with Crippen molar-refractivity contribution >= 4 is 41.3 Å². The number of likely N-dealkylation sites (tertiary alicyclic amines) is 1. The Bertz CT molecular complexity index is 700. The number of guanidine groups is 1. The molecule has 1 aliphatic heterocycles. The van der Waals surface area contributed by atoms with E-state index in [2.05, 4.69) is 64.2 Å². The average molecular weight is 514 g/mol. The SMILES string of the molecule is CCNC(=NCc1cccs1)NCC(c1ccc(OC)cc1)N1CCCC1.I. The van der Waals surface area contributed by atoms with Crippen LogP contribution in [-0.4, -0.2) is 44.1 Å². The maximum Gasteiger partial charge on any atom is 0.191 e. The van der Waals surface area contributed by atoms with Crippen LogP contribution in [0.4, 0.5) is 0 Å². The molecular formula is C21H31IN4OS. The number of hydrogen-bond acceptors (Lipinski definition) is 4. The summed E-state index contributed by atoms with van der Waals surface area (Å²) in [5.41, 5.74) is 1.32. The lowest BCUT2D eigenvalue weighted by atomic mass is 10.1. The van der Waals surface area contributed by atoms with Crippen molar-refractivity contribution in [1.82, 2.24) is 15.5 Å². The molecule has 0 bridgehead atoms. The van der Waals surface area contributed by atoms with Crippen molar-refractivity contribution in [2.24, 2.45) is 4.99 Å². The summed E-state index contributed by atoms with van der Waals surface area (Å²) >= 11 is 1.75. The summed E-state index contributed by atoms with van der Waals surface area (Å²) in [5.74, 6) is 1.78. The number of hydrogen-bond donors (Lipinski definition) is 2. The molecule has 1 unspecified atom stereocenters. The Morgan fingerprint density at radius 1 is 1.18 bits per heavy atom. The van der Waals surface area contributed by atoms with E-state index in [4.69, 9.17) is 9.73 Å². The highest BCUT2D eigenvalue weighted by molar-refractivity contribution is 14.0. The smallest absolute Gasteiger partial charge is 0.191 e. The van der Waals surface area contributed by atoms with Crippen molar-refractivity contribution in [2.75, 3.05) is 33.3 Å². The Morgan fingerprint density at radius 3 is 2.54 bits per heavy atom. The van der Waals surface area contributed by atoms with Crippen LogP contribution < -0.4 is 15.4 Å². The monoisotopic (exact) mass is 514 g/mol. The third kappa shape index (κ3) is 6.63. The van der Waals surface area contributed by atoms with Crippen LogP contribution in [0.15, 0.2) is 46.8 Å². The molecule has 1 fully saturated rings. The molecule has 2 aromatic rings. The molecule has 0 saturated carbocycles. The average Bonchev–Trinajstić information content (AvgIpc) is 3.41. The fourth-order valence-electron chi connectivity index (χ4n) is 3.43. The molecule has 2 N–H and O–H groups in total. The Kier molecular flexibility index (Phi) is 10.1. The van der Waals surface area contributed by atoms with E-state index in [0.717, 1.165) is 37.9 Å². The lowest BCUT2D eigenvalue weighted by Crippen LogP contribution is -2.42. The molecule has 1 aromatic heterocycles. The molecule has 1 aliphatic rings. The first-order chi connectivity index (χ1) is 13.3. The zero-order chi connectivity index (χ0) is 18.9. The first-order valence-electron chi connectivity index (χ1n) is 9.72. The summed E-state index contributed by atoms with van der Waals surface area (Å²) in [6, 6.07) is 13.0. The zero-order valence-corrected chi connectivity index (χ0v) is 19.8. The number of nitrogens with zero attached hydrogens (tertiary/aromatic N) is 2. The summed E-state index contributed by atoms with van der Waals surface area (Å²) in [6.07, 6.45) is 2.55. The quantitative estimate of drug-likeness (QED) is 0.314. The van der Waals surface area contributed by atoms with Gasteiger partial charge in [-0.05, 0) is 62.0 Å². The molecular weight excluding hydrogens is 483 g/mol. The maximum atomic E-state index is 5.31. The summed E-state index contributed by atoms with van der Waals surface area (Å²) in [6.45, 7) is 6.81. The third-order valence-corrected chi connectivity index (χ3v) is 5.72. The zero-order valence-electron chi connectivity index (χ0n) is 16.7.